The van der Waals surface area contributed by atoms with Gasteiger partial charge in [0, 0.05) is 23.7 Å². The summed E-state index contributed by atoms with van der Waals surface area (Å²) in [6.45, 7) is 2.85. The van der Waals surface area contributed by atoms with E-state index in [9.17, 15) is 4.79 Å². The summed E-state index contributed by atoms with van der Waals surface area (Å²) in [6.07, 6.45) is 4.29. The largest absolute Gasteiger partial charge is 0.383 e. The van der Waals surface area contributed by atoms with Crippen LogP contribution in [0.1, 0.15) is 35.7 Å². The topological polar surface area (TPSA) is 29.1 Å². The number of carbonyl (C=O) groups is 1. The SMILES string of the molecule is CCCCc1ccc(C=O)c(NCCCl)c1. The smallest absolute Gasteiger partial charge is 0.152 e. The maximum atomic E-state index is 10.8. The summed E-state index contributed by atoms with van der Waals surface area (Å²) in [5.74, 6) is 0.539. The van der Waals surface area contributed by atoms with E-state index in [1.165, 1.54) is 18.4 Å². The molecule has 0 spiro atoms. The number of unbranched alkanes of at least 4 members (excludes halogenated alkanes) is 1. The number of benzene rings is 1. The van der Waals surface area contributed by atoms with Gasteiger partial charge in [-0.15, -0.1) is 11.6 Å². The van der Waals surface area contributed by atoms with Gasteiger partial charge in [0.2, 0.25) is 0 Å². The number of aldehydes is 1. The second kappa shape index (κ2) is 7.29. The van der Waals surface area contributed by atoms with Crippen molar-refractivity contribution in [3.05, 3.63) is 29.3 Å². The van der Waals surface area contributed by atoms with Crippen molar-refractivity contribution in [2.75, 3.05) is 17.7 Å². The molecule has 0 bridgehead atoms. The number of aryl methyl sites for hydroxylation is 1. The van der Waals surface area contributed by atoms with Crippen molar-refractivity contribution < 1.29 is 4.79 Å². The second-order valence-corrected chi connectivity index (χ2v) is 4.14. The molecule has 0 fully saturated rings. The summed E-state index contributed by atoms with van der Waals surface area (Å²) < 4.78 is 0. The molecule has 0 aliphatic carbocycles. The third kappa shape index (κ3) is 3.86. The van der Waals surface area contributed by atoms with E-state index in [1.54, 1.807) is 0 Å². The Morgan fingerprint density at radius 3 is 2.88 bits per heavy atom. The van der Waals surface area contributed by atoms with E-state index < -0.39 is 0 Å². The van der Waals surface area contributed by atoms with Gasteiger partial charge in [-0.2, -0.15) is 0 Å². The number of rotatable bonds is 7. The molecule has 0 heterocycles. The first-order valence-corrected chi connectivity index (χ1v) is 6.23. The summed E-state index contributed by atoms with van der Waals surface area (Å²) >= 11 is 5.62. The molecular formula is C13H18ClNO. The fourth-order valence-electron chi connectivity index (χ4n) is 1.58. The van der Waals surface area contributed by atoms with Crippen LogP contribution in [-0.2, 0) is 6.42 Å². The van der Waals surface area contributed by atoms with Crippen LogP contribution >= 0.6 is 11.6 Å². The Morgan fingerprint density at radius 2 is 2.25 bits per heavy atom. The number of carbonyl (C=O) groups excluding carboxylic acids is 1. The summed E-state index contributed by atoms with van der Waals surface area (Å²) in [5.41, 5.74) is 2.86. The van der Waals surface area contributed by atoms with Crippen molar-refractivity contribution in [3.63, 3.8) is 0 Å². The van der Waals surface area contributed by atoms with Gasteiger partial charge in [0.05, 0.1) is 0 Å². The maximum Gasteiger partial charge on any atom is 0.152 e. The molecule has 0 radical (unpaired) electrons. The van der Waals surface area contributed by atoms with Crippen LogP contribution in [0.4, 0.5) is 5.69 Å². The first-order chi connectivity index (χ1) is 7.81. The van der Waals surface area contributed by atoms with Crippen LogP contribution < -0.4 is 5.32 Å². The molecule has 3 heteroatoms. The summed E-state index contributed by atoms with van der Waals surface area (Å²) in [6, 6.07) is 5.94. The van der Waals surface area contributed by atoms with Gasteiger partial charge in [0.1, 0.15) is 0 Å². The normalized spacial score (nSPS) is 10.1. The van der Waals surface area contributed by atoms with Crippen molar-refractivity contribution in [3.8, 4) is 0 Å². The van der Waals surface area contributed by atoms with E-state index in [1.807, 2.05) is 18.2 Å². The van der Waals surface area contributed by atoms with Gasteiger partial charge >= 0.3 is 0 Å². The molecule has 1 aromatic rings. The van der Waals surface area contributed by atoms with Crippen molar-refractivity contribution in [1.29, 1.82) is 0 Å². The fraction of sp³-hybridized carbons (Fsp3) is 0.462. The summed E-state index contributed by atoms with van der Waals surface area (Å²) in [5, 5.41) is 3.17. The van der Waals surface area contributed by atoms with E-state index >= 15 is 0 Å². The van der Waals surface area contributed by atoms with Crippen LogP contribution in [-0.4, -0.2) is 18.7 Å². The molecule has 1 N–H and O–H groups in total. The van der Waals surface area contributed by atoms with Crippen LogP contribution in [0.3, 0.4) is 0 Å². The second-order valence-electron chi connectivity index (χ2n) is 3.76. The van der Waals surface area contributed by atoms with Crippen LogP contribution in [0.25, 0.3) is 0 Å². The molecule has 1 aromatic carbocycles. The van der Waals surface area contributed by atoms with E-state index in [-0.39, 0.29) is 0 Å². The highest BCUT2D eigenvalue weighted by atomic mass is 35.5. The summed E-state index contributed by atoms with van der Waals surface area (Å²) in [4.78, 5) is 10.8. The highest BCUT2D eigenvalue weighted by Gasteiger charge is 2.02. The monoisotopic (exact) mass is 239 g/mol. The average Bonchev–Trinajstić information content (AvgIpc) is 2.33. The molecular weight excluding hydrogens is 222 g/mol. The van der Waals surface area contributed by atoms with Crippen molar-refractivity contribution >= 4 is 23.6 Å². The van der Waals surface area contributed by atoms with Gasteiger partial charge in [-0.25, -0.2) is 0 Å². The molecule has 16 heavy (non-hydrogen) atoms. The fourth-order valence-corrected chi connectivity index (χ4v) is 1.67. The number of hydrogen-bond acceptors (Lipinski definition) is 2. The minimum absolute atomic E-state index is 0.539. The third-order valence-corrected chi connectivity index (χ3v) is 2.66. The molecule has 0 saturated carbocycles. The van der Waals surface area contributed by atoms with E-state index in [0.717, 1.165) is 18.4 Å². The van der Waals surface area contributed by atoms with Gasteiger partial charge in [0.15, 0.2) is 6.29 Å². The van der Waals surface area contributed by atoms with Gasteiger partial charge in [-0.3, -0.25) is 4.79 Å². The van der Waals surface area contributed by atoms with E-state index in [2.05, 4.69) is 12.2 Å². The van der Waals surface area contributed by atoms with Gasteiger partial charge in [0.25, 0.3) is 0 Å². The number of alkyl halides is 1. The first-order valence-electron chi connectivity index (χ1n) is 5.69. The Morgan fingerprint density at radius 1 is 1.44 bits per heavy atom. The lowest BCUT2D eigenvalue weighted by Crippen LogP contribution is -2.05. The Bertz CT molecular complexity index is 339. The van der Waals surface area contributed by atoms with Gasteiger partial charge in [-0.05, 0) is 30.5 Å². The number of hydrogen-bond donors (Lipinski definition) is 1. The number of halogens is 1. The molecule has 0 aromatic heterocycles. The number of nitrogens with one attached hydrogen (secondary N) is 1. The highest BCUT2D eigenvalue weighted by Crippen LogP contribution is 2.17. The predicted octanol–water partition coefficient (Wildman–Crippen LogP) is 3.49. The zero-order valence-corrected chi connectivity index (χ0v) is 10.4. The van der Waals surface area contributed by atoms with Gasteiger partial charge < -0.3 is 5.32 Å². The first kappa shape index (κ1) is 13.0. The van der Waals surface area contributed by atoms with Crippen LogP contribution in [0.2, 0.25) is 0 Å². The minimum Gasteiger partial charge on any atom is -0.383 e. The highest BCUT2D eigenvalue weighted by molar-refractivity contribution is 6.18. The van der Waals surface area contributed by atoms with Crippen LogP contribution in [0, 0.1) is 0 Å². The minimum atomic E-state index is 0.539. The molecule has 88 valence electrons. The standard InChI is InChI=1S/C13H18ClNO/c1-2-3-4-11-5-6-12(10-16)13(9-11)15-8-7-14/h5-6,9-10,15H,2-4,7-8H2,1H3. The van der Waals surface area contributed by atoms with Gasteiger partial charge in [-0.1, -0.05) is 19.4 Å². The molecule has 0 amide bonds. The molecule has 0 unspecified atom stereocenters. The van der Waals surface area contributed by atoms with Crippen molar-refractivity contribution in [2.24, 2.45) is 0 Å². The third-order valence-electron chi connectivity index (χ3n) is 2.47. The molecule has 2 nitrogen and oxygen atoms in total. The molecule has 1 rings (SSSR count). The van der Waals surface area contributed by atoms with Crippen molar-refractivity contribution in [2.45, 2.75) is 26.2 Å². The Kier molecular flexibility index (Phi) is 5.94. The molecule has 0 saturated heterocycles. The zero-order valence-electron chi connectivity index (χ0n) is 9.63. The molecule has 0 aliphatic rings. The quantitative estimate of drug-likeness (QED) is 0.583. The Balaban J connectivity index is 2.78. The van der Waals surface area contributed by atoms with Crippen LogP contribution in [0.15, 0.2) is 18.2 Å². The average molecular weight is 240 g/mol. The zero-order chi connectivity index (χ0) is 11.8. The molecule has 0 atom stereocenters. The predicted molar refractivity (Wildman–Crippen MR) is 69.7 cm³/mol. The summed E-state index contributed by atoms with van der Waals surface area (Å²) in [7, 11) is 0. The number of anilines is 1. The van der Waals surface area contributed by atoms with Crippen LogP contribution in [0.5, 0.6) is 0 Å². The Hall–Kier alpha value is -1.02. The van der Waals surface area contributed by atoms with E-state index in [0.29, 0.717) is 18.0 Å². The molecule has 0 aliphatic heterocycles. The van der Waals surface area contributed by atoms with E-state index in [4.69, 9.17) is 11.6 Å². The lowest BCUT2D eigenvalue weighted by atomic mass is 10.0. The Labute approximate surface area is 102 Å². The lowest BCUT2D eigenvalue weighted by molar-refractivity contribution is 0.112. The maximum absolute atomic E-state index is 10.8. The lowest BCUT2D eigenvalue weighted by Gasteiger charge is -2.09. The van der Waals surface area contributed by atoms with Crippen molar-refractivity contribution in [1.82, 2.24) is 0 Å².